The van der Waals surface area contributed by atoms with Crippen molar-refractivity contribution in [1.29, 1.82) is 0 Å². The van der Waals surface area contributed by atoms with E-state index in [1.54, 1.807) is 22.3 Å². The molecule has 0 aromatic heterocycles. The Bertz CT molecular complexity index is 1750. The maximum absolute atomic E-state index is 2.92. The molecule has 0 aliphatic carbocycles. The Labute approximate surface area is 410 Å². The van der Waals surface area contributed by atoms with E-state index < -0.39 is 34.3 Å². The molecule has 0 heterocycles. The molecule has 0 spiro atoms. The third kappa shape index (κ3) is 10.7. The molecule has 0 radical (unpaired) electrons. The topological polar surface area (TPSA) is 0 Å². The fraction of sp³-hybridized carbons (Fsp3) is 0.800. The van der Waals surface area contributed by atoms with Crippen molar-refractivity contribution in [1.82, 2.24) is 0 Å². The summed E-state index contributed by atoms with van der Waals surface area (Å²) in [6.45, 7) is 95.7. The van der Waals surface area contributed by atoms with E-state index >= 15 is 0 Å². The summed E-state index contributed by atoms with van der Waals surface area (Å²) >= 11 is -2.92. The molecule has 4 heteroatoms. The Balaban J connectivity index is 4.68. The zero-order valence-electron chi connectivity index (χ0n) is 50.3. The standard InChI is InChI=1S/C60H112GeSi3/c1-49(2,3)41-37-43(51(7,8)9)47(44(38-41)52(10,11)12)61(48-45(53(13,14)15)39-42(50(4,5)6)40-46(48)54(16,17)18)62(63(55(19,20)21,56(22,23)24)57(25,26)27)64(58(28,29)30,59(31,32)33)60(34,35)36/h37-40H,1-36H3. The Kier molecular flexibility index (Phi) is 16.1. The summed E-state index contributed by atoms with van der Waals surface area (Å²) in [4.78, 5) is 0. The maximum atomic E-state index is 2.79. The molecule has 0 N–H and O–H groups in total. The van der Waals surface area contributed by atoms with Crippen molar-refractivity contribution < 1.29 is 0 Å². The van der Waals surface area contributed by atoms with Crippen molar-refractivity contribution in [3.8, 4) is 0 Å². The average molecular weight is 990 g/mol. The van der Waals surface area contributed by atoms with Gasteiger partial charge in [-0.3, -0.25) is 0 Å². The fourth-order valence-electron chi connectivity index (χ4n) is 15.1. The van der Waals surface area contributed by atoms with Crippen LogP contribution in [0.4, 0.5) is 0 Å². The summed E-state index contributed by atoms with van der Waals surface area (Å²) in [5, 5.41) is 0.752. The van der Waals surface area contributed by atoms with Crippen LogP contribution >= 0.6 is 0 Å². The molecule has 2 aromatic rings. The summed E-state index contributed by atoms with van der Waals surface area (Å²) in [7, 11) is -5.23. The molecule has 0 saturated heterocycles. The van der Waals surface area contributed by atoms with Gasteiger partial charge < -0.3 is 0 Å². The summed E-state index contributed by atoms with van der Waals surface area (Å²) in [5.41, 5.74) is 9.51. The molecule has 2 aromatic carbocycles. The van der Waals surface area contributed by atoms with E-state index in [2.05, 4.69) is 274 Å². The van der Waals surface area contributed by atoms with Gasteiger partial charge in [-0.25, -0.2) is 0 Å². The molecule has 0 aliphatic heterocycles. The van der Waals surface area contributed by atoms with Crippen LogP contribution < -0.4 is 8.79 Å². The van der Waals surface area contributed by atoms with Crippen molar-refractivity contribution in [2.24, 2.45) is 0 Å². The van der Waals surface area contributed by atoms with E-state index in [0.29, 0.717) is 0 Å². The second kappa shape index (κ2) is 17.2. The van der Waals surface area contributed by atoms with E-state index in [4.69, 9.17) is 0 Å². The van der Waals surface area contributed by atoms with Gasteiger partial charge >= 0.3 is 413 Å². The SMILES string of the molecule is CC(C)(C)c1cc(C(C)(C)C)[c]([Ge]([c]2c(C(C)(C)C)cc(C(C)(C)C)cc2C(C)(C)C)=[Si]([Si](C(C)(C)C)(C(C)(C)C)C(C)(C)C)[Si](C(C)(C)C)(C(C)(C)C)C(C)(C)C)c(C(C)(C)C)c1. The van der Waals surface area contributed by atoms with Crippen LogP contribution in [-0.4, -0.2) is 34.3 Å². The third-order valence-corrected chi connectivity index (χ3v) is 87.8. The van der Waals surface area contributed by atoms with Crippen molar-refractivity contribution in [3.63, 3.8) is 0 Å². The molecule has 2 rings (SSSR count). The van der Waals surface area contributed by atoms with E-state index in [1.807, 2.05) is 8.79 Å². The minimum absolute atomic E-state index is 0.0233. The number of rotatable bonds is 4. The number of hydrogen-bond donors (Lipinski definition) is 0. The molecule has 64 heavy (non-hydrogen) atoms. The quantitative estimate of drug-likeness (QED) is 0.268. The molecule has 0 nitrogen and oxygen atoms in total. The van der Waals surface area contributed by atoms with Crippen LogP contribution in [0.2, 0.25) is 30.2 Å². The second-order valence-corrected chi connectivity index (χ2v) is 70.6. The molecule has 0 unspecified atom stereocenters. The predicted molar refractivity (Wildman–Crippen MR) is 306 cm³/mol. The van der Waals surface area contributed by atoms with E-state index in [-0.39, 0.29) is 62.7 Å². The monoisotopic (exact) mass is 991 g/mol. The molecule has 0 saturated carbocycles. The van der Waals surface area contributed by atoms with E-state index in [0.717, 1.165) is 0 Å². The predicted octanol–water partition coefficient (Wildman–Crippen LogP) is 18.5. The Morgan fingerprint density at radius 3 is 0.531 bits per heavy atom. The van der Waals surface area contributed by atoms with Gasteiger partial charge in [-0.1, -0.05) is 0 Å². The molecule has 0 aliphatic rings. The van der Waals surface area contributed by atoms with Crippen molar-refractivity contribution in [3.05, 3.63) is 57.6 Å². The molecule has 0 amide bonds. The molecule has 368 valence electrons. The first kappa shape index (κ1) is 59.8. The molecular formula is C60H112GeSi3. The molecule has 0 bridgehead atoms. The van der Waals surface area contributed by atoms with Crippen LogP contribution in [-0.2, 0) is 32.5 Å². The van der Waals surface area contributed by atoms with Crippen LogP contribution in [0.15, 0.2) is 24.3 Å². The Hall–Kier alpha value is -0.366. The fourth-order valence-corrected chi connectivity index (χ4v) is 155. The second-order valence-electron chi connectivity index (χ2n) is 33.1. The van der Waals surface area contributed by atoms with E-state index in [1.165, 1.54) is 11.1 Å². The van der Waals surface area contributed by atoms with Gasteiger partial charge in [-0.05, 0) is 0 Å². The van der Waals surface area contributed by atoms with Gasteiger partial charge in [0.15, 0.2) is 0 Å². The number of hydrogen-bond acceptors (Lipinski definition) is 0. The van der Waals surface area contributed by atoms with Gasteiger partial charge in [-0.15, -0.1) is 0 Å². The summed E-state index contributed by atoms with van der Waals surface area (Å²) in [6, 6.07) is 11.2. The van der Waals surface area contributed by atoms with Gasteiger partial charge in [0.05, 0.1) is 0 Å². The van der Waals surface area contributed by atoms with Crippen LogP contribution in [0, 0.1) is 0 Å². The Morgan fingerprint density at radius 2 is 0.422 bits per heavy atom. The molecule has 0 atom stereocenters. The minimum atomic E-state index is -2.92. The number of benzene rings is 2. The van der Waals surface area contributed by atoms with Crippen LogP contribution in [0.5, 0.6) is 0 Å². The average Bonchev–Trinajstić information content (AvgIpc) is 2.93. The zero-order valence-corrected chi connectivity index (χ0v) is 55.4. The summed E-state index contributed by atoms with van der Waals surface area (Å²) < 4.78 is 3.76. The van der Waals surface area contributed by atoms with Crippen LogP contribution in [0.1, 0.15) is 283 Å². The van der Waals surface area contributed by atoms with Crippen molar-refractivity contribution >= 4 is 43.1 Å². The van der Waals surface area contributed by atoms with Gasteiger partial charge in [-0.2, -0.15) is 0 Å². The van der Waals surface area contributed by atoms with Gasteiger partial charge in [0.25, 0.3) is 0 Å². The molecular weight excluding hydrogens is 878 g/mol. The summed E-state index contributed by atoms with van der Waals surface area (Å²) in [6.07, 6.45) is 0. The van der Waals surface area contributed by atoms with Crippen molar-refractivity contribution in [2.45, 2.75) is 312 Å². The first-order valence-electron chi connectivity index (χ1n) is 25.6. The first-order chi connectivity index (χ1) is 27.4. The van der Waals surface area contributed by atoms with Gasteiger partial charge in [0, 0.05) is 0 Å². The van der Waals surface area contributed by atoms with Crippen LogP contribution in [0.25, 0.3) is 0 Å². The third-order valence-electron chi connectivity index (χ3n) is 15.5. The van der Waals surface area contributed by atoms with Crippen LogP contribution in [0.3, 0.4) is 0 Å². The van der Waals surface area contributed by atoms with Crippen molar-refractivity contribution in [2.75, 3.05) is 0 Å². The first-order valence-corrected chi connectivity index (χ1v) is 38.3. The summed E-state index contributed by atoms with van der Waals surface area (Å²) in [5.74, 6) is -1.40. The molecule has 0 fully saturated rings. The zero-order chi connectivity index (χ0) is 51.6. The van der Waals surface area contributed by atoms with Gasteiger partial charge in [0.1, 0.15) is 0 Å². The van der Waals surface area contributed by atoms with E-state index in [9.17, 15) is 0 Å². The Morgan fingerprint density at radius 1 is 0.266 bits per heavy atom. The van der Waals surface area contributed by atoms with Gasteiger partial charge in [0.2, 0.25) is 0 Å². The normalized spacial score (nSPS) is 15.5.